The van der Waals surface area contributed by atoms with E-state index in [-0.39, 0.29) is 0 Å². The second kappa shape index (κ2) is 13.4. The summed E-state index contributed by atoms with van der Waals surface area (Å²) in [5.74, 6) is 0. The van der Waals surface area contributed by atoms with E-state index < -0.39 is 0 Å². The van der Waals surface area contributed by atoms with E-state index in [0.29, 0.717) is 0 Å². The highest BCUT2D eigenvalue weighted by Gasteiger charge is 1.89. The Labute approximate surface area is 95.0 Å². The number of hydrogen-bond donors (Lipinski definition) is 0. The summed E-state index contributed by atoms with van der Waals surface area (Å²) >= 11 is 0. The van der Waals surface area contributed by atoms with Gasteiger partial charge in [0.2, 0.25) is 0 Å². The molecule has 0 saturated heterocycles. The van der Waals surface area contributed by atoms with Crippen molar-refractivity contribution in [2.45, 2.75) is 71.1 Å². The van der Waals surface area contributed by atoms with Crippen LogP contribution in [0, 0.1) is 0 Å². The summed E-state index contributed by atoms with van der Waals surface area (Å²) in [7, 11) is 0. The lowest BCUT2D eigenvalue weighted by molar-refractivity contribution is -0.107. The summed E-state index contributed by atoms with van der Waals surface area (Å²) < 4.78 is 0. The summed E-state index contributed by atoms with van der Waals surface area (Å²) in [6.45, 7) is 2.23. The topological polar surface area (TPSA) is 17.1 Å². The minimum atomic E-state index is 0.747. The maximum Gasteiger partial charge on any atom is 0.119 e. The summed E-state index contributed by atoms with van der Waals surface area (Å²) in [5.41, 5.74) is 0. The fourth-order valence-corrected chi connectivity index (χ4v) is 1.58. The lowest BCUT2D eigenvalue weighted by atomic mass is 10.1. The first-order valence-electron chi connectivity index (χ1n) is 6.50. The van der Waals surface area contributed by atoms with Crippen LogP contribution in [0.4, 0.5) is 0 Å². The Kier molecular flexibility index (Phi) is 12.9. The molecule has 0 unspecified atom stereocenters. The largest absolute Gasteiger partial charge is 0.303 e. The molecule has 0 aromatic rings. The number of rotatable bonds is 11. The molecule has 88 valence electrons. The van der Waals surface area contributed by atoms with Crippen LogP contribution in [0.25, 0.3) is 0 Å². The standard InChI is InChI=1S/C14H26O/c1-2-3-4-5-6-7-8-9-10-11-12-13-14-15/h5-6,14H,2-4,7-13H2,1H3/b6-5-. The van der Waals surface area contributed by atoms with Crippen molar-refractivity contribution in [2.24, 2.45) is 0 Å². The van der Waals surface area contributed by atoms with Crippen LogP contribution in [-0.2, 0) is 4.79 Å². The minimum absolute atomic E-state index is 0.747. The van der Waals surface area contributed by atoms with Crippen molar-refractivity contribution in [2.75, 3.05) is 0 Å². The van der Waals surface area contributed by atoms with Gasteiger partial charge in [-0.2, -0.15) is 0 Å². The van der Waals surface area contributed by atoms with Gasteiger partial charge in [0.05, 0.1) is 0 Å². The van der Waals surface area contributed by atoms with E-state index >= 15 is 0 Å². The van der Waals surface area contributed by atoms with E-state index in [2.05, 4.69) is 19.1 Å². The Hall–Kier alpha value is -0.590. The van der Waals surface area contributed by atoms with Gasteiger partial charge in [-0.05, 0) is 25.7 Å². The summed E-state index contributed by atoms with van der Waals surface area (Å²) in [6.07, 6.45) is 17.7. The second-order valence-corrected chi connectivity index (χ2v) is 4.13. The van der Waals surface area contributed by atoms with E-state index in [1.165, 1.54) is 51.4 Å². The van der Waals surface area contributed by atoms with Crippen LogP contribution in [0.15, 0.2) is 12.2 Å². The van der Waals surface area contributed by atoms with Crippen molar-refractivity contribution in [3.05, 3.63) is 12.2 Å². The predicted octanol–water partition coefficient (Wildman–Crippen LogP) is 4.66. The minimum Gasteiger partial charge on any atom is -0.303 e. The Morgan fingerprint density at radius 1 is 0.733 bits per heavy atom. The lowest BCUT2D eigenvalue weighted by Crippen LogP contribution is -1.80. The normalized spacial score (nSPS) is 11.0. The third-order valence-corrected chi connectivity index (χ3v) is 2.58. The molecule has 0 aliphatic carbocycles. The molecule has 15 heavy (non-hydrogen) atoms. The van der Waals surface area contributed by atoms with Gasteiger partial charge in [-0.3, -0.25) is 0 Å². The van der Waals surface area contributed by atoms with Crippen molar-refractivity contribution in [3.63, 3.8) is 0 Å². The van der Waals surface area contributed by atoms with Gasteiger partial charge in [0, 0.05) is 6.42 Å². The van der Waals surface area contributed by atoms with Crippen molar-refractivity contribution in [1.82, 2.24) is 0 Å². The lowest BCUT2D eigenvalue weighted by Gasteiger charge is -1.97. The van der Waals surface area contributed by atoms with Gasteiger partial charge in [-0.15, -0.1) is 0 Å². The van der Waals surface area contributed by atoms with Gasteiger partial charge in [-0.1, -0.05) is 51.2 Å². The molecule has 0 radical (unpaired) electrons. The zero-order chi connectivity index (χ0) is 11.2. The third kappa shape index (κ3) is 13.4. The molecule has 0 aliphatic heterocycles. The summed E-state index contributed by atoms with van der Waals surface area (Å²) in [4.78, 5) is 10.1. The number of unbranched alkanes of at least 4 members (excludes halogenated alkanes) is 8. The molecular formula is C14H26O. The molecule has 0 aliphatic rings. The highest BCUT2D eigenvalue weighted by molar-refractivity contribution is 5.48. The maximum atomic E-state index is 10.1. The Bertz CT molecular complexity index is 149. The SMILES string of the molecule is CCCC/C=C\CCCCCCCC=O. The van der Waals surface area contributed by atoms with Crippen molar-refractivity contribution < 1.29 is 4.79 Å². The number of hydrogen-bond acceptors (Lipinski definition) is 1. The Morgan fingerprint density at radius 2 is 1.27 bits per heavy atom. The van der Waals surface area contributed by atoms with Crippen LogP contribution in [0.2, 0.25) is 0 Å². The molecule has 0 fully saturated rings. The van der Waals surface area contributed by atoms with Gasteiger partial charge < -0.3 is 4.79 Å². The Balaban J connectivity index is 2.97. The summed E-state index contributed by atoms with van der Waals surface area (Å²) in [6, 6.07) is 0. The first-order valence-corrected chi connectivity index (χ1v) is 6.50. The monoisotopic (exact) mass is 210 g/mol. The fraction of sp³-hybridized carbons (Fsp3) is 0.786. The molecule has 0 amide bonds. The molecule has 0 aromatic carbocycles. The molecule has 1 heteroatoms. The molecule has 0 heterocycles. The van der Waals surface area contributed by atoms with Crippen LogP contribution in [0.1, 0.15) is 71.1 Å². The van der Waals surface area contributed by atoms with Gasteiger partial charge in [0.1, 0.15) is 6.29 Å². The smallest absolute Gasteiger partial charge is 0.119 e. The first kappa shape index (κ1) is 14.4. The number of aldehydes is 1. The van der Waals surface area contributed by atoms with Gasteiger partial charge >= 0.3 is 0 Å². The average Bonchev–Trinajstić information content (AvgIpc) is 2.26. The molecule has 0 saturated carbocycles. The van der Waals surface area contributed by atoms with Gasteiger partial charge in [0.25, 0.3) is 0 Å². The van der Waals surface area contributed by atoms with Crippen LogP contribution < -0.4 is 0 Å². The summed E-state index contributed by atoms with van der Waals surface area (Å²) in [5, 5.41) is 0. The van der Waals surface area contributed by atoms with Gasteiger partial charge in [-0.25, -0.2) is 0 Å². The number of carbonyl (C=O) groups excluding carboxylic acids is 1. The van der Waals surface area contributed by atoms with E-state index in [1.54, 1.807) is 0 Å². The van der Waals surface area contributed by atoms with E-state index in [4.69, 9.17) is 0 Å². The Morgan fingerprint density at radius 3 is 1.87 bits per heavy atom. The van der Waals surface area contributed by atoms with E-state index in [9.17, 15) is 4.79 Å². The zero-order valence-corrected chi connectivity index (χ0v) is 10.2. The number of allylic oxidation sites excluding steroid dienone is 2. The molecular weight excluding hydrogens is 184 g/mol. The predicted molar refractivity (Wildman–Crippen MR) is 67.0 cm³/mol. The first-order chi connectivity index (χ1) is 7.41. The molecule has 0 atom stereocenters. The third-order valence-electron chi connectivity index (χ3n) is 2.58. The molecule has 0 N–H and O–H groups in total. The molecule has 0 spiro atoms. The highest BCUT2D eigenvalue weighted by atomic mass is 16.1. The second-order valence-electron chi connectivity index (χ2n) is 4.13. The molecule has 1 nitrogen and oxygen atoms in total. The van der Waals surface area contributed by atoms with Gasteiger partial charge in [0.15, 0.2) is 0 Å². The van der Waals surface area contributed by atoms with Crippen LogP contribution >= 0.6 is 0 Å². The molecule has 0 rings (SSSR count). The maximum absolute atomic E-state index is 10.1. The van der Waals surface area contributed by atoms with E-state index in [1.807, 2.05) is 0 Å². The van der Waals surface area contributed by atoms with Crippen molar-refractivity contribution in [1.29, 1.82) is 0 Å². The quantitative estimate of drug-likeness (QED) is 0.275. The van der Waals surface area contributed by atoms with Crippen LogP contribution in [0.3, 0.4) is 0 Å². The van der Waals surface area contributed by atoms with Crippen LogP contribution in [-0.4, -0.2) is 6.29 Å². The fourth-order valence-electron chi connectivity index (χ4n) is 1.58. The average molecular weight is 210 g/mol. The van der Waals surface area contributed by atoms with Crippen molar-refractivity contribution >= 4 is 6.29 Å². The zero-order valence-electron chi connectivity index (χ0n) is 10.2. The number of carbonyl (C=O) groups is 1. The van der Waals surface area contributed by atoms with Crippen LogP contribution in [0.5, 0.6) is 0 Å². The molecule has 0 aromatic heterocycles. The van der Waals surface area contributed by atoms with E-state index in [0.717, 1.165) is 19.1 Å². The highest BCUT2D eigenvalue weighted by Crippen LogP contribution is 2.07. The van der Waals surface area contributed by atoms with Crippen molar-refractivity contribution in [3.8, 4) is 0 Å². The molecule has 0 bridgehead atoms.